The molecule has 0 amide bonds. The van der Waals surface area contributed by atoms with Crippen molar-refractivity contribution < 1.29 is 74.1 Å². The minimum atomic E-state index is -1.07. The summed E-state index contributed by atoms with van der Waals surface area (Å²) < 4.78 is 0. The second-order valence-electron chi connectivity index (χ2n) is 1.83. The second-order valence-corrected chi connectivity index (χ2v) is 1.83. The first kappa shape index (κ1) is 15.0. The van der Waals surface area contributed by atoms with Crippen molar-refractivity contribution in [1.29, 1.82) is 0 Å². The second kappa shape index (κ2) is 6.95. The molecule has 0 saturated carbocycles. The molecule has 0 saturated heterocycles. The Morgan fingerprint density at radius 3 is 2.25 bits per heavy atom. The molecule has 1 aromatic carbocycles. The Balaban J connectivity index is 0. The van der Waals surface area contributed by atoms with Gasteiger partial charge in [-0.15, -0.1) is 5.75 Å². The standard InChI is InChI=1S/C7H6O3.2Na/c8-6-3-1-2-5(4-6)7(9)10;;/h1-4,8H,(H,9,10);;/q;2*+1/p-1. The maximum absolute atomic E-state index is 10.5. The van der Waals surface area contributed by atoms with Gasteiger partial charge in [0.1, 0.15) is 0 Å². The molecule has 0 spiro atoms. The van der Waals surface area contributed by atoms with E-state index in [1.807, 2.05) is 0 Å². The van der Waals surface area contributed by atoms with Crippen LogP contribution in [-0.4, -0.2) is 11.1 Å². The fourth-order valence-corrected chi connectivity index (χ4v) is 0.629. The molecule has 0 aromatic heterocycles. The van der Waals surface area contributed by atoms with Crippen LogP contribution in [0, 0.1) is 0 Å². The first-order valence-corrected chi connectivity index (χ1v) is 2.70. The summed E-state index contributed by atoms with van der Waals surface area (Å²) >= 11 is 0. The smallest absolute Gasteiger partial charge is 0.872 e. The minimum absolute atomic E-state index is 0. The third kappa shape index (κ3) is 4.50. The van der Waals surface area contributed by atoms with Crippen LogP contribution in [0.2, 0.25) is 0 Å². The van der Waals surface area contributed by atoms with E-state index >= 15 is 0 Å². The van der Waals surface area contributed by atoms with Crippen LogP contribution >= 0.6 is 0 Å². The van der Waals surface area contributed by atoms with E-state index in [1.54, 1.807) is 0 Å². The largest absolute Gasteiger partial charge is 1.00 e. The van der Waals surface area contributed by atoms with E-state index in [0.717, 1.165) is 6.07 Å². The van der Waals surface area contributed by atoms with E-state index < -0.39 is 5.97 Å². The summed E-state index contributed by atoms with van der Waals surface area (Å²) in [6.45, 7) is 0. The Morgan fingerprint density at radius 1 is 1.33 bits per heavy atom. The molecule has 0 bridgehead atoms. The van der Waals surface area contributed by atoms with Crippen molar-refractivity contribution in [2.24, 2.45) is 0 Å². The van der Waals surface area contributed by atoms with Gasteiger partial charge in [0, 0.05) is 0 Å². The van der Waals surface area contributed by atoms with Crippen molar-refractivity contribution in [3.8, 4) is 5.75 Å². The predicted molar refractivity (Wildman–Crippen MR) is 32.8 cm³/mol. The zero-order chi connectivity index (χ0) is 7.56. The topological polar surface area (TPSA) is 60.4 Å². The van der Waals surface area contributed by atoms with Crippen molar-refractivity contribution in [1.82, 2.24) is 0 Å². The summed E-state index contributed by atoms with van der Waals surface area (Å²) in [5.41, 5.74) is 0.0347. The van der Waals surface area contributed by atoms with Crippen LogP contribution in [0.1, 0.15) is 10.4 Å². The first-order chi connectivity index (χ1) is 4.70. The average molecular weight is 183 g/mol. The molecule has 1 aromatic rings. The van der Waals surface area contributed by atoms with Crippen molar-refractivity contribution >= 4 is 5.97 Å². The number of rotatable bonds is 1. The van der Waals surface area contributed by atoms with Gasteiger partial charge in [0.15, 0.2) is 0 Å². The van der Waals surface area contributed by atoms with E-state index in [2.05, 4.69) is 0 Å². The van der Waals surface area contributed by atoms with Crippen LogP contribution in [0.25, 0.3) is 0 Å². The molecule has 0 unspecified atom stereocenters. The van der Waals surface area contributed by atoms with Crippen LogP contribution in [0.4, 0.5) is 0 Å². The summed E-state index contributed by atoms with van der Waals surface area (Å²) in [5, 5.41) is 18.9. The van der Waals surface area contributed by atoms with Gasteiger partial charge in [-0.2, -0.15) is 0 Å². The van der Waals surface area contributed by atoms with Crippen LogP contribution in [-0.2, 0) is 0 Å². The Bertz CT molecular complexity index is 263. The summed E-state index contributed by atoms with van der Waals surface area (Å²) in [6.07, 6.45) is 0. The molecule has 1 rings (SSSR count). The van der Waals surface area contributed by atoms with Crippen LogP contribution in [0.3, 0.4) is 0 Å². The number of hydrogen-bond donors (Lipinski definition) is 1. The van der Waals surface area contributed by atoms with Crippen molar-refractivity contribution in [3.05, 3.63) is 29.8 Å². The van der Waals surface area contributed by atoms with Crippen molar-refractivity contribution in [2.75, 3.05) is 0 Å². The quantitative estimate of drug-likeness (QED) is 0.442. The van der Waals surface area contributed by atoms with Crippen LogP contribution in [0.5, 0.6) is 5.75 Å². The number of carbonyl (C=O) groups is 1. The first-order valence-electron chi connectivity index (χ1n) is 2.70. The molecular formula is C7H5Na2O3+. The predicted octanol–water partition coefficient (Wildman–Crippen LogP) is -5.53. The molecule has 0 heterocycles. The van der Waals surface area contributed by atoms with Crippen LogP contribution < -0.4 is 64.2 Å². The maximum Gasteiger partial charge on any atom is 1.00 e. The Labute approximate surface area is 114 Å². The molecule has 0 aliphatic heterocycles. The van der Waals surface area contributed by atoms with Gasteiger partial charge in [0.2, 0.25) is 0 Å². The SMILES string of the molecule is O=C(O)c1cccc([O-])c1.[Na+].[Na+]. The van der Waals surface area contributed by atoms with Crippen molar-refractivity contribution in [2.45, 2.75) is 0 Å². The maximum atomic E-state index is 10.5. The number of aromatic carboxylic acids is 1. The van der Waals surface area contributed by atoms with Gasteiger partial charge in [0.25, 0.3) is 0 Å². The molecule has 12 heavy (non-hydrogen) atoms. The normalized spacial score (nSPS) is 7.67. The molecule has 0 fully saturated rings. The number of hydrogen-bond acceptors (Lipinski definition) is 2. The zero-order valence-corrected chi connectivity index (χ0v) is 11.1. The molecule has 0 atom stereocenters. The van der Waals surface area contributed by atoms with Gasteiger partial charge in [-0.1, -0.05) is 18.2 Å². The monoisotopic (exact) mass is 183 g/mol. The number of benzene rings is 1. The fraction of sp³-hybridized carbons (Fsp3) is 0. The third-order valence-corrected chi connectivity index (χ3v) is 1.08. The molecule has 3 nitrogen and oxygen atoms in total. The van der Waals surface area contributed by atoms with E-state index in [0.29, 0.717) is 0 Å². The summed E-state index contributed by atoms with van der Waals surface area (Å²) in [7, 11) is 0. The van der Waals surface area contributed by atoms with E-state index in [9.17, 15) is 9.90 Å². The van der Waals surface area contributed by atoms with Gasteiger partial charge in [-0.25, -0.2) is 4.79 Å². The van der Waals surface area contributed by atoms with Gasteiger partial charge in [-0.3, -0.25) is 0 Å². The Morgan fingerprint density at radius 2 is 1.92 bits per heavy atom. The third-order valence-electron chi connectivity index (χ3n) is 1.08. The number of carboxylic acids is 1. The average Bonchev–Trinajstić information content (AvgIpc) is 1.88. The molecule has 0 aliphatic rings. The summed E-state index contributed by atoms with van der Waals surface area (Å²) in [5.74, 6) is -1.35. The molecular weight excluding hydrogens is 178 g/mol. The summed E-state index contributed by atoms with van der Waals surface area (Å²) in [6, 6.07) is 5.20. The van der Waals surface area contributed by atoms with E-state index in [4.69, 9.17) is 5.11 Å². The molecule has 52 valence electrons. The van der Waals surface area contributed by atoms with Crippen molar-refractivity contribution in [3.63, 3.8) is 0 Å². The minimum Gasteiger partial charge on any atom is -0.872 e. The summed E-state index contributed by atoms with van der Waals surface area (Å²) in [4.78, 5) is 10.2. The van der Waals surface area contributed by atoms with Crippen LogP contribution in [0.15, 0.2) is 24.3 Å². The molecule has 0 aliphatic carbocycles. The Kier molecular flexibility index (Phi) is 8.68. The van der Waals surface area contributed by atoms with Gasteiger partial charge < -0.3 is 10.2 Å². The molecule has 5 heteroatoms. The van der Waals surface area contributed by atoms with Gasteiger partial charge in [-0.05, 0) is 6.07 Å². The van der Waals surface area contributed by atoms with E-state index in [-0.39, 0.29) is 70.4 Å². The molecule has 1 N–H and O–H groups in total. The number of carboxylic acid groups (broad SMARTS) is 1. The zero-order valence-electron chi connectivity index (χ0n) is 7.07. The Hall–Kier alpha value is 0.490. The van der Waals surface area contributed by atoms with Gasteiger partial charge >= 0.3 is 65.1 Å². The fourth-order valence-electron chi connectivity index (χ4n) is 0.629. The van der Waals surface area contributed by atoms with Gasteiger partial charge in [0.05, 0.1) is 5.56 Å². The molecule has 0 radical (unpaired) electrons. The van der Waals surface area contributed by atoms with E-state index in [1.165, 1.54) is 18.2 Å².